The van der Waals surface area contributed by atoms with Crippen molar-refractivity contribution in [2.45, 2.75) is 0 Å². The number of nitrogens with two attached hydrogens (primary N) is 1. The van der Waals surface area contributed by atoms with E-state index in [0.29, 0.717) is 22.9 Å². The molecule has 0 atom stereocenters. The molecule has 0 bridgehead atoms. The zero-order valence-corrected chi connectivity index (χ0v) is 11.7. The number of rotatable bonds is 3. The first-order valence-corrected chi connectivity index (χ1v) is 6.75. The lowest BCUT2D eigenvalue weighted by Gasteiger charge is -2.10. The lowest BCUT2D eigenvalue weighted by atomic mass is 10.0. The quantitative estimate of drug-likeness (QED) is 0.739. The molecule has 106 valence electrons. The van der Waals surface area contributed by atoms with Gasteiger partial charge in [0.25, 0.3) is 0 Å². The van der Waals surface area contributed by atoms with Gasteiger partial charge < -0.3 is 10.5 Å². The van der Waals surface area contributed by atoms with Crippen molar-refractivity contribution in [2.24, 2.45) is 0 Å². The molecule has 0 spiro atoms. The molecular formula is C18H13N3O. The van der Waals surface area contributed by atoms with Crippen LogP contribution in [-0.2, 0) is 0 Å². The summed E-state index contributed by atoms with van der Waals surface area (Å²) in [4.78, 5) is 4.29. The average molecular weight is 287 g/mol. The maximum atomic E-state index is 9.03. The summed E-state index contributed by atoms with van der Waals surface area (Å²) in [5.74, 6) is 1.15. The monoisotopic (exact) mass is 287 g/mol. The minimum Gasteiger partial charge on any atom is -0.438 e. The van der Waals surface area contributed by atoms with E-state index in [1.165, 1.54) is 0 Å². The summed E-state index contributed by atoms with van der Waals surface area (Å²) in [6.07, 6.45) is 1.67. The Morgan fingerprint density at radius 3 is 2.59 bits per heavy atom. The van der Waals surface area contributed by atoms with E-state index in [1.807, 2.05) is 30.3 Å². The molecule has 1 heterocycles. The highest BCUT2D eigenvalue weighted by Gasteiger charge is 2.09. The van der Waals surface area contributed by atoms with Crippen LogP contribution < -0.4 is 10.5 Å². The standard InChI is InChI=1S/C18H13N3O/c19-12-13-3-1-4-14(11-13)17-5-2-10-21-18(17)22-16-8-6-15(20)7-9-16/h1-11H,20H2. The number of ether oxygens (including phenoxy) is 1. The second-order valence-corrected chi connectivity index (χ2v) is 4.72. The van der Waals surface area contributed by atoms with Crippen molar-refractivity contribution in [3.8, 4) is 28.8 Å². The second-order valence-electron chi connectivity index (χ2n) is 4.72. The van der Waals surface area contributed by atoms with E-state index in [-0.39, 0.29) is 0 Å². The predicted molar refractivity (Wildman–Crippen MR) is 85.3 cm³/mol. The van der Waals surface area contributed by atoms with Gasteiger partial charge in [0, 0.05) is 17.4 Å². The summed E-state index contributed by atoms with van der Waals surface area (Å²) >= 11 is 0. The normalized spacial score (nSPS) is 9.95. The Morgan fingerprint density at radius 2 is 1.82 bits per heavy atom. The maximum Gasteiger partial charge on any atom is 0.227 e. The highest BCUT2D eigenvalue weighted by Crippen LogP contribution is 2.31. The van der Waals surface area contributed by atoms with Crippen LogP contribution in [0.25, 0.3) is 11.1 Å². The topological polar surface area (TPSA) is 71.9 Å². The van der Waals surface area contributed by atoms with E-state index in [2.05, 4.69) is 11.1 Å². The number of benzene rings is 2. The Balaban J connectivity index is 1.99. The lowest BCUT2D eigenvalue weighted by Crippen LogP contribution is -1.92. The summed E-state index contributed by atoms with van der Waals surface area (Å²) in [5.41, 5.74) is 8.66. The number of pyridine rings is 1. The summed E-state index contributed by atoms with van der Waals surface area (Å²) in [6.45, 7) is 0. The van der Waals surface area contributed by atoms with Gasteiger partial charge in [-0.3, -0.25) is 0 Å². The number of hydrogen-bond acceptors (Lipinski definition) is 4. The largest absolute Gasteiger partial charge is 0.438 e. The Hall–Kier alpha value is -3.32. The van der Waals surface area contributed by atoms with Gasteiger partial charge in [-0.05, 0) is 54.1 Å². The number of aromatic nitrogens is 1. The fourth-order valence-corrected chi connectivity index (χ4v) is 2.10. The molecule has 3 rings (SSSR count). The van der Waals surface area contributed by atoms with E-state index < -0.39 is 0 Å². The third kappa shape index (κ3) is 2.89. The summed E-state index contributed by atoms with van der Waals surface area (Å²) in [6, 6.07) is 20.4. The van der Waals surface area contributed by atoms with Gasteiger partial charge in [0.15, 0.2) is 0 Å². The van der Waals surface area contributed by atoms with Crippen molar-refractivity contribution in [1.82, 2.24) is 4.98 Å². The molecule has 0 radical (unpaired) electrons. The number of hydrogen-bond donors (Lipinski definition) is 1. The van der Waals surface area contributed by atoms with Gasteiger partial charge in [0.2, 0.25) is 5.88 Å². The van der Waals surface area contributed by atoms with Crippen LogP contribution in [0.15, 0.2) is 66.9 Å². The van der Waals surface area contributed by atoms with E-state index in [1.54, 1.807) is 36.5 Å². The van der Waals surface area contributed by atoms with Crippen molar-refractivity contribution in [2.75, 3.05) is 5.73 Å². The van der Waals surface area contributed by atoms with Gasteiger partial charge in [-0.25, -0.2) is 4.98 Å². The molecule has 2 N–H and O–H groups in total. The Labute approximate surface area is 128 Å². The van der Waals surface area contributed by atoms with Gasteiger partial charge in [-0.1, -0.05) is 12.1 Å². The van der Waals surface area contributed by atoms with Crippen molar-refractivity contribution in [3.05, 3.63) is 72.4 Å². The first-order valence-electron chi connectivity index (χ1n) is 6.75. The van der Waals surface area contributed by atoms with Crippen LogP contribution >= 0.6 is 0 Å². The highest BCUT2D eigenvalue weighted by atomic mass is 16.5. The molecule has 22 heavy (non-hydrogen) atoms. The first kappa shape index (κ1) is 13.7. The zero-order valence-electron chi connectivity index (χ0n) is 11.7. The minimum atomic E-state index is 0.488. The molecule has 0 aliphatic rings. The number of nitriles is 1. The van der Waals surface area contributed by atoms with E-state index >= 15 is 0 Å². The fraction of sp³-hybridized carbons (Fsp3) is 0. The zero-order chi connectivity index (χ0) is 15.4. The SMILES string of the molecule is N#Cc1cccc(-c2cccnc2Oc2ccc(N)cc2)c1. The summed E-state index contributed by atoms with van der Waals surface area (Å²) in [7, 11) is 0. The maximum absolute atomic E-state index is 9.03. The molecule has 0 amide bonds. The Morgan fingerprint density at radius 1 is 1.00 bits per heavy atom. The van der Waals surface area contributed by atoms with Gasteiger partial charge in [0.05, 0.1) is 11.6 Å². The van der Waals surface area contributed by atoms with Crippen LogP contribution in [0.5, 0.6) is 11.6 Å². The van der Waals surface area contributed by atoms with Crippen LogP contribution in [0.1, 0.15) is 5.56 Å². The van der Waals surface area contributed by atoms with Crippen molar-refractivity contribution < 1.29 is 4.74 Å². The highest BCUT2D eigenvalue weighted by molar-refractivity contribution is 5.70. The number of anilines is 1. The third-order valence-electron chi connectivity index (χ3n) is 3.17. The van der Waals surface area contributed by atoms with Crippen LogP contribution in [0.2, 0.25) is 0 Å². The smallest absolute Gasteiger partial charge is 0.227 e. The van der Waals surface area contributed by atoms with Crippen molar-refractivity contribution >= 4 is 5.69 Å². The first-order chi connectivity index (χ1) is 10.8. The van der Waals surface area contributed by atoms with Crippen LogP contribution in [0.4, 0.5) is 5.69 Å². The Kier molecular flexibility index (Phi) is 3.71. The molecule has 1 aromatic heterocycles. The molecule has 0 saturated carbocycles. The van der Waals surface area contributed by atoms with Gasteiger partial charge in [-0.2, -0.15) is 5.26 Å². The van der Waals surface area contributed by atoms with E-state index in [4.69, 9.17) is 15.7 Å². The molecule has 2 aromatic carbocycles. The van der Waals surface area contributed by atoms with Crippen LogP contribution in [0, 0.1) is 11.3 Å². The van der Waals surface area contributed by atoms with Crippen LogP contribution in [0.3, 0.4) is 0 Å². The Bertz CT molecular complexity index is 835. The van der Waals surface area contributed by atoms with Gasteiger partial charge in [0.1, 0.15) is 5.75 Å². The second kappa shape index (κ2) is 5.98. The number of nitrogens with zero attached hydrogens (tertiary/aromatic N) is 2. The molecule has 0 aliphatic carbocycles. The minimum absolute atomic E-state index is 0.488. The molecule has 0 fully saturated rings. The molecule has 3 aromatic rings. The van der Waals surface area contributed by atoms with Crippen LogP contribution in [-0.4, -0.2) is 4.98 Å². The summed E-state index contributed by atoms with van der Waals surface area (Å²) < 4.78 is 5.84. The molecular weight excluding hydrogens is 274 g/mol. The third-order valence-corrected chi connectivity index (χ3v) is 3.17. The van der Waals surface area contributed by atoms with Crippen molar-refractivity contribution in [1.29, 1.82) is 5.26 Å². The summed E-state index contributed by atoms with van der Waals surface area (Å²) in [5, 5.41) is 9.03. The van der Waals surface area contributed by atoms with Gasteiger partial charge >= 0.3 is 0 Å². The predicted octanol–water partition coefficient (Wildman–Crippen LogP) is 3.99. The molecule has 0 aliphatic heterocycles. The van der Waals surface area contributed by atoms with Gasteiger partial charge in [-0.15, -0.1) is 0 Å². The molecule has 0 unspecified atom stereocenters. The average Bonchev–Trinajstić information content (AvgIpc) is 2.57. The fourth-order valence-electron chi connectivity index (χ4n) is 2.10. The molecule has 4 heteroatoms. The van der Waals surface area contributed by atoms with E-state index in [0.717, 1.165) is 11.1 Å². The van der Waals surface area contributed by atoms with E-state index in [9.17, 15) is 0 Å². The molecule has 0 saturated heterocycles. The lowest BCUT2D eigenvalue weighted by molar-refractivity contribution is 0.465. The number of nitrogen functional groups attached to an aromatic ring is 1. The molecule has 4 nitrogen and oxygen atoms in total. The van der Waals surface area contributed by atoms with Crippen molar-refractivity contribution in [3.63, 3.8) is 0 Å².